The Bertz CT molecular complexity index is 602. The van der Waals surface area contributed by atoms with Crippen LogP contribution in [0.5, 0.6) is 11.6 Å². The maximum absolute atomic E-state index is 5.90. The molecule has 0 amide bonds. The van der Waals surface area contributed by atoms with E-state index in [1.165, 1.54) is 11.9 Å². The van der Waals surface area contributed by atoms with Crippen LogP contribution in [0, 0.1) is 13.8 Å². The predicted octanol–water partition coefficient (Wildman–Crippen LogP) is 4.47. The van der Waals surface area contributed by atoms with Gasteiger partial charge in [0.15, 0.2) is 0 Å². The summed E-state index contributed by atoms with van der Waals surface area (Å²) in [5.41, 5.74) is 2.30. The lowest BCUT2D eigenvalue weighted by atomic mass is 10.1. The monoisotopic (exact) mass is 335 g/mol. The van der Waals surface area contributed by atoms with E-state index >= 15 is 0 Å². The quantitative estimate of drug-likeness (QED) is 0.875. The van der Waals surface area contributed by atoms with Crippen LogP contribution in [0.1, 0.15) is 24.5 Å². The number of anilines is 1. The summed E-state index contributed by atoms with van der Waals surface area (Å²) in [5, 5.41) is 3.24. The third-order valence-electron chi connectivity index (χ3n) is 3.06. The van der Waals surface area contributed by atoms with E-state index in [0.29, 0.717) is 5.88 Å². The van der Waals surface area contributed by atoms with Crippen molar-refractivity contribution in [1.29, 1.82) is 0 Å². The third-order valence-corrected chi connectivity index (χ3v) is 3.78. The Labute approximate surface area is 127 Å². The normalized spacial score (nSPS) is 10.4. The maximum atomic E-state index is 5.90. The highest BCUT2D eigenvalue weighted by Crippen LogP contribution is 2.33. The fourth-order valence-electron chi connectivity index (χ4n) is 1.73. The Morgan fingerprint density at radius 3 is 2.80 bits per heavy atom. The van der Waals surface area contributed by atoms with E-state index in [0.717, 1.165) is 34.6 Å². The van der Waals surface area contributed by atoms with E-state index in [9.17, 15) is 0 Å². The number of rotatable bonds is 5. The molecule has 0 spiro atoms. The van der Waals surface area contributed by atoms with Gasteiger partial charge in [-0.15, -0.1) is 0 Å². The number of nitrogens with one attached hydrogen (secondary N) is 1. The largest absolute Gasteiger partial charge is 0.437 e. The molecule has 0 bridgehead atoms. The van der Waals surface area contributed by atoms with Crippen LogP contribution in [-0.2, 0) is 0 Å². The molecule has 2 rings (SSSR count). The molecule has 2 aromatic rings. The van der Waals surface area contributed by atoms with Gasteiger partial charge in [-0.2, -0.15) is 0 Å². The van der Waals surface area contributed by atoms with Crippen LogP contribution in [0.4, 0.5) is 5.82 Å². The van der Waals surface area contributed by atoms with Gasteiger partial charge in [-0.25, -0.2) is 9.97 Å². The van der Waals surface area contributed by atoms with Gasteiger partial charge >= 0.3 is 0 Å². The summed E-state index contributed by atoms with van der Waals surface area (Å²) in [6, 6.07) is 5.98. The van der Waals surface area contributed by atoms with Crippen molar-refractivity contribution in [3.8, 4) is 11.6 Å². The van der Waals surface area contributed by atoms with Crippen molar-refractivity contribution in [2.75, 3.05) is 11.9 Å². The van der Waals surface area contributed by atoms with Gasteiger partial charge in [-0.3, -0.25) is 0 Å². The molecular formula is C15H18BrN3O. The lowest BCUT2D eigenvalue weighted by Crippen LogP contribution is -2.04. The zero-order chi connectivity index (χ0) is 14.5. The van der Waals surface area contributed by atoms with Gasteiger partial charge in [0.2, 0.25) is 5.88 Å². The van der Waals surface area contributed by atoms with E-state index in [4.69, 9.17) is 4.74 Å². The number of halogens is 1. The van der Waals surface area contributed by atoms with E-state index in [1.54, 1.807) is 0 Å². The molecule has 0 fully saturated rings. The highest BCUT2D eigenvalue weighted by molar-refractivity contribution is 9.10. The Hall–Kier alpha value is -1.62. The number of hydrogen-bond acceptors (Lipinski definition) is 4. The Morgan fingerprint density at radius 2 is 2.05 bits per heavy atom. The van der Waals surface area contributed by atoms with Crippen molar-refractivity contribution in [3.05, 3.63) is 40.1 Å². The van der Waals surface area contributed by atoms with Crippen LogP contribution in [0.25, 0.3) is 0 Å². The zero-order valence-corrected chi connectivity index (χ0v) is 13.5. The van der Waals surface area contributed by atoms with E-state index < -0.39 is 0 Å². The van der Waals surface area contributed by atoms with E-state index in [2.05, 4.69) is 51.1 Å². The highest BCUT2D eigenvalue weighted by Gasteiger charge is 2.12. The summed E-state index contributed by atoms with van der Waals surface area (Å²) in [4.78, 5) is 8.40. The van der Waals surface area contributed by atoms with Crippen LogP contribution in [0.3, 0.4) is 0 Å². The average Bonchev–Trinajstić information content (AvgIpc) is 2.44. The molecule has 1 aromatic heterocycles. The van der Waals surface area contributed by atoms with Gasteiger partial charge in [0.1, 0.15) is 22.4 Å². The summed E-state index contributed by atoms with van der Waals surface area (Å²) >= 11 is 3.50. The van der Waals surface area contributed by atoms with Gasteiger partial charge in [0.05, 0.1) is 0 Å². The number of aryl methyl sites for hydroxylation is 1. The zero-order valence-electron chi connectivity index (χ0n) is 11.9. The number of benzene rings is 1. The SMILES string of the molecule is CCCNc1ncnc(Oc2cccc(C)c2C)c1Br. The number of ether oxygens (including phenoxy) is 1. The lowest BCUT2D eigenvalue weighted by Gasteiger charge is -2.12. The summed E-state index contributed by atoms with van der Waals surface area (Å²) < 4.78 is 6.65. The second kappa shape index (κ2) is 6.70. The smallest absolute Gasteiger partial charge is 0.238 e. The molecule has 0 aliphatic rings. The molecule has 1 heterocycles. The van der Waals surface area contributed by atoms with Crippen LogP contribution < -0.4 is 10.1 Å². The van der Waals surface area contributed by atoms with Gasteiger partial charge < -0.3 is 10.1 Å². The highest BCUT2D eigenvalue weighted by atomic mass is 79.9. The molecule has 5 heteroatoms. The molecule has 0 aliphatic carbocycles. The molecule has 0 aliphatic heterocycles. The molecule has 4 nitrogen and oxygen atoms in total. The summed E-state index contributed by atoms with van der Waals surface area (Å²) in [5.74, 6) is 2.08. The maximum Gasteiger partial charge on any atom is 0.238 e. The first-order valence-electron chi connectivity index (χ1n) is 6.62. The Kier molecular flexibility index (Phi) is 4.95. The summed E-state index contributed by atoms with van der Waals surface area (Å²) in [7, 11) is 0. The van der Waals surface area contributed by atoms with Crippen LogP contribution in [0.15, 0.2) is 29.0 Å². The minimum absolute atomic E-state index is 0.521. The van der Waals surface area contributed by atoms with Gasteiger partial charge in [-0.05, 0) is 53.4 Å². The molecule has 1 N–H and O–H groups in total. The topological polar surface area (TPSA) is 47.0 Å². The first kappa shape index (κ1) is 14.8. The molecule has 1 aromatic carbocycles. The molecule has 0 radical (unpaired) electrons. The molecule has 106 valence electrons. The Balaban J connectivity index is 2.27. The molecule has 0 atom stereocenters. The van der Waals surface area contributed by atoms with Crippen molar-refractivity contribution in [1.82, 2.24) is 9.97 Å². The minimum atomic E-state index is 0.521. The Morgan fingerprint density at radius 1 is 1.25 bits per heavy atom. The number of nitrogens with zero attached hydrogens (tertiary/aromatic N) is 2. The summed E-state index contributed by atoms with van der Waals surface area (Å²) in [6.45, 7) is 7.07. The second-order valence-corrected chi connectivity index (χ2v) is 5.36. The van der Waals surface area contributed by atoms with Crippen molar-refractivity contribution < 1.29 is 4.74 Å². The van der Waals surface area contributed by atoms with Crippen molar-refractivity contribution in [3.63, 3.8) is 0 Å². The lowest BCUT2D eigenvalue weighted by molar-refractivity contribution is 0.454. The number of hydrogen-bond donors (Lipinski definition) is 1. The van der Waals surface area contributed by atoms with Crippen molar-refractivity contribution in [2.45, 2.75) is 27.2 Å². The van der Waals surface area contributed by atoms with Crippen LogP contribution in [0.2, 0.25) is 0 Å². The minimum Gasteiger partial charge on any atom is -0.437 e. The van der Waals surface area contributed by atoms with Crippen LogP contribution in [-0.4, -0.2) is 16.5 Å². The molecule has 0 saturated carbocycles. The average molecular weight is 336 g/mol. The fraction of sp³-hybridized carbons (Fsp3) is 0.333. The standard InChI is InChI=1S/C15H18BrN3O/c1-4-8-17-14-13(16)15(19-9-18-14)20-12-7-5-6-10(2)11(12)3/h5-7,9H,4,8H2,1-3H3,(H,17,18,19). The molecule has 20 heavy (non-hydrogen) atoms. The van der Waals surface area contributed by atoms with Gasteiger partial charge in [0.25, 0.3) is 0 Å². The summed E-state index contributed by atoms with van der Waals surface area (Å²) in [6.07, 6.45) is 2.53. The van der Waals surface area contributed by atoms with Crippen molar-refractivity contribution >= 4 is 21.7 Å². The first-order chi connectivity index (χ1) is 9.63. The molecule has 0 saturated heterocycles. The second-order valence-electron chi connectivity index (χ2n) is 4.57. The fourth-order valence-corrected chi connectivity index (χ4v) is 2.16. The van der Waals surface area contributed by atoms with E-state index in [1.807, 2.05) is 19.1 Å². The van der Waals surface area contributed by atoms with Crippen LogP contribution >= 0.6 is 15.9 Å². The molecular weight excluding hydrogens is 318 g/mol. The van der Waals surface area contributed by atoms with Crippen molar-refractivity contribution in [2.24, 2.45) is 0 Å². The third kappa shape index (κ3) is 3.28. The van der Waals surface area contributed by atoms with Gasteiger partial charge in [0, 0.05) is 6.54 Å². The first-order valence-corrected chi connectivity index (χ1v) is 7.41. The van der Waals surface area contributed by atoms with E-state index in [-0.39, 0.29) is 0 Å². The predicted molar refractivity (Wildman–Crippen MR) is 84.5 cm³/mol. The van der Waals surface area contributed by atoms with Gasteiger partial charge in [-0.1, -0.05) is 19.1 Å². The number of aromatic nitrogens is 2. The molecule has 0 unspecified atom stereocenters.